The van der Waals surface area contributed by atoms with E-state index in [0.717, 1.165) is 61.5 Å². The van der Waals surface area contributed by atoms with E-state index >= 15 is 0 Å². The van der Waals surface area contributed by atoms with Crippen LogP contribution < -0.4 is 10.6 Å². The fraction of sp³-hybridized carbons (Fsp3) is 0.516. The third-order valence-corrected chi connectivity index (χ3v) is 8.43. The number of nitriles is 1. The average molecular weight is 526 g/mol. The molecule has 2 aromatic heterocycles. The second-order valence-electron chi connectivity index (χ2n) is 12.4. The van der Waals surface area contributed by atoms with Crippen molar-refractivity contribution in [3.63, 3.8) is 0 Å². The van der Waals surface area contributed by atoms with Gasteiger partial charge in [0.1, 0.15) is 17.8 Å². The van der Waals surface area contributed by atoms with Gasteiger partial charge in [0.15, 0.2) is 0 Å². The molecule has 0 atom stereocenters. The van der Waals surface area contributed by atoms with E-state index < -0.39 is 0 Å². The number of rotatable bonds is 9. The number of pyridine rings is 1. The predicted octanol–water partition coefficient (Wildman–Crippen LogP) is 5.04. The second kappa shape index (κ2) is 10.5. The van der Waals surface area contributed by atoms with Gasteiger partial charge in [-0.25, -0.2) is 4.98 Å². The molecule has 8 heteroatoms. The molecule has 1 fully saturated rings. The van der Waals surface area contributed by atoms with Crippen LogP contribution in [0.15, 0.2) is 36.7 Å². The van der Waals surface area contributed by atoms with Gasteiger partial charge in [-0.05, 0) is 79.0 Å². The number of anilines is 1. The Balaban J connectivity index is 1.42. The lowest BCUT2D eigenvalue weighted by molar-refractivity contribution is 0.102. The first-order chi connectivity index (χ1) is 18.6. The maximum absolute atomic E-state index is 13.6. The summed E-state index contributed by atoms with van der Waals surface area (Å²) in [6.45, 7) is 10.5. The van der Waals surface area contributed by atoms with Crippen molar-refractivity contribution in [1.29, 1.82) is 5.26 Å². The van der Waals surface area contributed by atoms with E-state index in [4.69, 9.17) is 4.98 Å². The van der Waals surface area contributed by atoms with E-state index in [1.807, 2.05) is 35.9 Å². The highest BCUT2D eigenvalue weighted by atomic mass is 16.1. The number of benzene rings is 1. The van der Waals surface area contributed by atoms with Gasteiger partial charge in [-0.2, -0.15) is 5.26 Å². The van der Waals surface area contributed by atoms with Crippen LogP contribution in [0, 0.1) is 23.2 Å². The quantitative estimate of drug-likeness (QED) is 0.405. The first-order valence-electron chi connectivity index (χ1n) is 14.0. The molecule has 1 aromatic carbocycles. The Hall–Kier alpha value is -3.57. The maximum Gasteiger partial charge on any atom is 0.274 e. The molecule has 2 aliphatic carbocycles. The molecule has 0 radical (unpaired) electrons. The van der Waals surface area contributed by atoms with E-state index in [1.54, 1.807) is 6.33 Å². The third kappa shape index (κ3) is 5.20. The lowest BCUT2D eigenvalue weighted by atomic mass is 9.57. The second-order valence-corrected chi connectivity index (χ2v) is 12.4. The van der Waals surface area contributed by atoms with Gasteiger partial charge in [0.05, 0.1) is 17.2 Å². The van der Waals surface area contributed by atoms with Crippen LogP contribution in [0.4, 0.5) is 5.69 Å². The average Bonchev–Trinajstić information content (AvgIpc) is 3.43. The summed E-state index contributed by atoms with van der Waals surface area (Å²) in [5.74, 6) is 1.57. The number of aromatic nitrogens is 4. The van der Waals surface area contributed by atoms with Crippen LogP contribution >= 0.6 is 0 Å². The fourth-order valence-corrected chi connectivity index (χ4v) is 6.34. The van der Waals surface area contributed by atoms with Gasteiger partial charge in [0.2, 0.25) is 0 Å². The fourth-order valence-electron chi connectivity index (χ4n) is 6.34. The zero-order valence-electron chi connectivity index (χ0n) is 23.7. The monoisotopic (exact) mass is 525 g/mol. The highest BCUT2D eigenvalue weighted by molar-refractivity contribution is 6.03. The van der Waals surface area contributed by atoms with Crippen molar-refractivity contribution in [1.82, 2.24) is 25.1 Å². The van der Waals surface area contributed by atoms with Crippen molar-refractivity contribution in [2.75, 3.05) is 11.9 Å². The maximum atomic E-state index is 13.6. The van der Waals surface area contributed by atoms with Crippen LogP contribution in [0.2, 0.25) is 0 Å². The Morgan fingerprint density at radius 2 is 2.05 bits per heavy atom. The van der Waals surface area contributed by atoms with E-state index in [-0.39, 0.29) is 16.7 Å². The van der Waals surface area contributed by atoms with Gasteiger partial charge in [-0.3, -0.25) is 4.79 Å². The van der Waals surface area contributed by atoms with Crippen LogP contribution in [0.5, 0.6) is 0 Å². The number of nitrogens with zero attached hydrogens (tertiary/aromatic N) is 5. The summed E-state index contributed by atoms with van der Waals surface area (Å²) in [4.78, 5) is 18.5. The van der Waals surface area contributed by atoms with Crippen LogP contribution in [0.25, 0.3) is 0 Å². The zero-order valence-corrected chi connectivity index (χ0v) is 23.7. The lowest BCUT2D eigenvalue weighted by Gasteiger charge is -2.46. The summed E-state index contributed by atoms with van der Waals surface area (Å²) < 4.78 is 1.96. The van der Waals surface area contributed by atoms with E-state index in [9.17, 15) is 10.1 Å². The van der Waals surface area contributed by atoms with Gasteiger partial charge in [-0.15, -0.1) is 10.2 Å². The Kier molecular flexibility index (Phi) is 7.30. The van der Waals surface area contributed by atoms with Gasteiger partial charge in [-0.1, -0.05) is 39.8 Å². The molecule has 3 aromatic rings. The number of amides is 1. The van der Waals surface area contributed by atoms with Gasteiger partial charge in [0.25, 0.3) is 5.91 Å². The molecule has 204 valence electrons. The van der Waals surface area contributed by atoms with E-state index in [2.05, 4.69) is 60.7 Å². The molecule has 2 heterocycles. The zero-order chi connectivity index (χ0) is 27.8. The molecule has 2 aliphatic rings. The summed E-state index contributed by atoms with van der Waals surface area (Å²) >= 11 is 0. The Bertz CT molecular complexity index is 1410. The Morgan fingerprint density at radius 1 is 1.26 bits per heavy atom. The van der Waals surface area contributed by atoms with Crippen LogP contribution in [-0.2, 0) is 30.8 Å². The molecule has 8 nitrogen and oxygen atoms in total. The van der Waals surface area contributed by atoms with Crippen LogP contribution in [0.1, 0.15) is 92.1 Å². The molecule has 0 bridgehead atoms. The number of aryl methyl sites for hydroxylation is 1. The first kappa shape index (κ1) is 27.0. The lowest BCUT2D eigenvalue weighted by Crippen LogP contribution is -2.44. The minimum Gasteiger partial charge on any atom is -0.321 e. The summed E-state index contributed by atoms with van der Waals surface area (Å²) in [5.41, 5.74) is 5.39. The molecular weight excluding hydrogens is 486 g/mol. The van der Waals surface area contributed by atoms with Crippen LogP contribution in [-0.4, -0.2) is 32.2 Å². The largest absolute Gasteiger partial charge is 0.321 e. The number of hydrogen-bond donors (Lipinski definition) is 2. The van der Waals surface area contributed by atoms with Crippen molar-refractivity contribution in [2.45, 2.75) is 77.2 Å². The van der Waals surface area contributed by atoms with Gasteiger partial charge in [0, 0.05) is 31.1 Å². The molecule has 5 rings (SSSR count). The Morgan fingerprint density at radius 3 is 2.74 bits per heavy atom. The molecule has 1 saturated carbocycles. The van der Waals surface area contributed by atoms with Crippen molar-refractivity contribution in [2.24, 2.45) is 18.9 Å². The molecule has 0 saturated heterocycles. The standard InChI is InChI=1S/C31H39N7O/c1-20(2)17-33-18-22-13-26(36-27-25(22)9-11-30(27,3)4)28(39)35-24-8-6-7-23(14-24)31(15-21(16-31)10-12-32)29-37-34-19-38(29)5/h6-8,13-14,19-21,33H,9-11,15-18H2,1-5H3,(H,35,39). The van der Waals surface area contributed by atoms with Crippen molar-refractivity contribution in [3.05, 3.63) is 70.6 Å². The van der Waals surface area contributed by atoms with Crippen molar-refractivity contribution in [3.8, 4) is 6.07 Å². The Labute approximate surface area is 231 Å². The summed E-state index contributed by atoms with van der Waals surface area (Å²) in [6, 6.07) is 12.3. The number of carbonyl (C=O) groups is 1. The normalized spacial score (nSPS) is 21.3. The molecule has 39 heavy (non-hydrogen) atoms. The molecule has 0 unspecified atom stereocenters. The number of carbonyl (C=O) groups excluding carboxylic acids is 1. The van der Waals surface area contributed by atoms with E-state index in [1.165, 1.54) is 11.1 Å². The van der Waals surface area contributed by atoms with Crippen molar-refractivity contribution >= 4 is 11.6 Å². The van der Waals surface area contributed by atoms with Crippen LogP contribution in [0.3, 0.4) is 0 Å². The topological polar surface area (TPSA) is 109 Å². The molecule has 0 spiro atoms. The predicted molar refractivity (Wildman–Crippen MR) is 151 cm³/mol. The third-order valence-electron chi connectivity index (χ3n) is 8.43. The summed E-state index contributed by atoms with van der Waals surface area (Å²) in [6.07, 6.45) is 5.95. The molecule has 1 amide bonds. The molecule has 2 N–H and O–H groups in total. The number of nitrogens with one attached hydrogen (secondary N) is 2. The minimum absolute atomic E-state index is 0.0506. The highest BCUT2D eigenvalue weighted by Crippen LogP contribution is 2.53. The highest BCUT2D eigenvalue weighted by Gasteiger charge is 2.49. The SMILES string of the molecule is CC(C)CNCc1cc(C(=O)Nc2cccc(C3(c4nncn4C)CC(CC#N)C3)c2)nc2c1CCC2(C)C. The summed E-state index contributed by atoms with van der Waals surface area (Å²) in [7, 11) is 1.95. The summed E-state index contributed by atoms with van der Waals surface area (Å²) in [5, 5.41) is 24.4. The van der Waals surface area contributed by atoms with Gasteiger partial charge >= 0.3 is 0 Å². The minimum atomic E-state index is -0.321. The van der Waals surface area contributed by atoms with Crippen molar-refractivity contribution < 1.29 is 4.79 Å². The molecular formula is C31H39N7O. The molecule has 0 aliphatic heterocycles. The smallest absolute Gasteiger partial charge is 0.274 e. The first-order valence-corrected chi connectivity index (χ1v) is 14.0. The van der Waals surface area contributed by atoms with E-state index in [0.29, 0.717) is 24.0 Å². The van der Waals surface area contributed by atoms with Gasteiger partial charge < -0.3 is 15.2 Å². The number of fused-ring (bicyclic) bond motifs is 1. The number of hydrogen-bond acceptors (Lipinski definition) is 6.